The van der Waals surface area contributed by atoms with E-state index in [4.69, 9.17) is 29.1 Å². The highest BCUT2D eigenvalue weighted by atomic mass is 79.9. The molecule has 1 N–H and O–H groups in total. The smallest absolute Gasteiger partial charge is 0.182 e. The van der Waals surface area contributed by atoms with Gasteiger partial charge in [-0.05, 0) is 64.5 Å². The molecule has 2 aromatic carbocycles. The molecule has 0 atom stereocenters. The van der Waals surface area contributed by atoms with E-state index in [0.29, 0.717) is 15.4 Å². The van der Waals surface area contributed by atoms with Gasteiger partial charge < -0.3 is 4.98 Å². The first-order chi connectivity index (χ1) is 9.60. The second kappa shape index (κ2) is 5.06. The average Bonchev–Trinajstić information content (AvgIpc) is 2.74. The van der Waals surface area contributed by atoms with Crippen molar-refractivity contribution >= 4 is 50.8 Å². The van der Waals surface area contributed by atoms with E-state index < -0.39 is 0 Å². The summed E-state index contributed by atoms with van der Waals surface area (Å²) in [5.41, 5.74) is 3.21. The molecule has 6 heteroatoms. The quantitative estimate of drug-likeness (QED) is 0.619. The van der Waals surface area contributed by atoms with E-state index in [0.717, 1.165) is 21.2 Å². The Morgan fingerprint density at radius 2 is 2.05 bits per heavy atom. The minimum atomic E-state index is 0.568. The Balaban J connectivity index is 2.38. The fraction of sp³-hybridized carbons (Fsp3) is 0. The third kappa shape index (κ3) is 2.16. The number of fused-ring (bicyclic) bond motifs is 1. The summed E-state index contributed by atoms with van der Waals surface area (Å²) in [6.07, 6.45) is 0. The molecule has 0 amide bonds. The molecule has 1 heterocycles. The van der Waals surface area contributed by atoms with E-state index in [1.54, 1.807) is 12.1 Å². The van der Waals surface area contributed by atoms with E-state index in [1.807, 2.05) is 28.8 Å². The molecule has 3 nitrogen and oxygen atoms in total. The Bertz CT molecular complexity index is 920. The molecule has 3 aromatic rings. The molecule has 20 heavy (non-hydrogen) atoms. The van der Waals surface area contributed by atoms with Gasteiger partial charge in [0.15, 0.2) is 4.77 Å². The number of imidazole rings is 1. The highest BCUT2D eigenvalue weighted by Gasteiger charge is 2.10. The van der Waals surface area contributed by atoms with Gasteiger partial charge in [0.1, 0.15) is 0 Å². The summed E-state index contributed by atoms with van der Waals surface area (Å²) in [5, 5.41) is 9.68. The normalized spacial score (nSPS) is 10.7. The fourth-order valence-electron chi connectivity index (χ4n) is 2.07. The molecular weight excluding hydrogens is 358 g/mol. The predicted molar refractivity (Wildman–Crippen MR) is 85.9 cm³/mol. The van der Waals surface area contributed by atoms with Crippen molar-refractivity contribution in [3.05, 3.63) is 56.2 Å². The second-order valence-electron chi connectivity index (χ2n) is 4.21. The number of H-pyrrole nitrogens is 1. The van der Waals surface area contributed by atoms with Gasteiger partial charge in [0, 0.05) is 9.50 Å². The molecule has 0 fully saturated rings. The molecule has 3 rings (SSSR count). The van der Waals surface area contributed by atoms with E-state index in [1.165, 1.54) is 0 Å². The topological polar surface area (TPSA) is 44.5 Å². The molecule has 0 bridgehead atoms. The van der Waals surface area contributed by atoms with Crippen molar-refractivity contribution in [2.24, 2.45) is 0 Å². The number of nitriles is 1. The largest absolute Gasteiger partial charge is 0.330 e. The third-order valence-electron chi connectivity index (χ3n) is 2.96. The molecule has 0 radical (unpaired) electrons. The maximum atomic E-state index is 9.03. The number of nitrogens with one attached hydrogen (secondary N) is 1. The lowest BCUT2D eigenvalue weighted by Crippen LogP contribution is -1.95. The Labute approximate surface area is 133 Å². The predicted octanol–water partition coefficient (Wildman–Crippen LogP) is 4.98. The van der Waals surface area contributed by atoms with Crippen LogP contribution in [-0.4, -0.2) is 9.55 Å². The molecule has 0 unspecified atom stereocenters. The van der Waals surface area contributed by atoms with Crippen LogP contribution < -0.4 is 0 Å². The number of benzene rings is 2. The second-order valence-corrected chi connectivity index (χ2v) is 5.88. The van der Waals surface area contributed by atoms with Crippen molar-refractivity contribution in [2.75, 3.05) is 0 Å². The van der Waals surface area contributed by atoms with Crippen LogP contribution in [0.25, 0.3) is 16.7 Å². The molecule has 0 aliphatic heterocycles. The zero-order valence-electron chi connectivity index (χ0n) is 10.0. The molecule has 0 spiro atoms. The summed E-state index contributed by atoms with van der Waals surface area (Å²) in [6, 6.07) is 13.1. The lowest BCUT2D eigenvalue weighted by atomic mass is 10.2. The lowest BCUT2D eigenvalue weighted by Gasteiger charge is -2.07. The highest BCUT2D eigenvalue weighted by molar-refractivity contribution is 9.10. The van der Waals surface area contributed by atoms with E-state index in [9.17, 15) is 0 Å². The molecule has 0 saturated heterocycles. The van der Waals surface area contributed by atoms with Crippen LogP contribution in [0.2, 0.25) is 5.02 Å². The van der Waals surface area contributed by atoms with Gasteiger partial charge in [-0.2, -0.15) is 5.26 Å². The first kappa shape index (κ1) is 13.4. The zero-order valence-corrected chi connectivity index (χ0v) is 13.2. The number of aromatic nitrogens is 2. The SMILES string of the molecule is N#Cc1ccc2[nH]c(=S)n(-c3ccc(Cl)cc3Br)c2c1. The van der Waals surface area contributed by atoms with E-state index in [-0.39, 0.29) is 0 Å². The van der Waals surface area contributed by atoms with Gasteiger partial charge in [0.25, 0.3) is 0 Å². The standard InChI is InChI=1S/C14H7BrClN3S/c15-10-6-9(16)2-4-12(10)19-13-5-8(7-17)1-3-11(13)18-14(19)20/h1-6H,(H,18,20). The van der Waals surface area contributed by atoms with Crippen molar-refractivity contribution < 1.29 is 0 Å². The summed E-state index contributed by atoms with van der Waals surface area (Å²) in [7, 11) is 0. The minimum absolute atomic E-state index is 0.568. The maximum Gasteiger partial charge on any atom is 0.182 e. The first-order valence-corrected chi connectivity index (χ1v) is 7.28. The third-order valence-corrected chi connectivity index (χ3v) is 4.12. The van der Waals surface area contributed by atoms with Crippen LogP contribution in [-0.2, 0) is 0 Å². The van der Waals surface area contributed by atoms with Crippen molar-refractivity contribution in [2.45, 2.75) is 0 Å². The van der Waals surface area contributed by atoms with Crippen LogP contribution in [0.1, 0.15) is 5.56 Å². The van der Waals surface area contributed by atoms with Crippen LogP contribution in [0.5, 0.6) is 0 Å². The van der Waals surface area contributed by atoms with Gasteiger partial charge in [-0.25, -0.2) is 0 Å². The van der Waals surface area contributed by atoms with Crippen LogP contribution >= 0.6 is 39.7 Å². The molecule has 0 saturated carbocycles. The van der Waals surface area contributed by atoms with Crippen molar-refractivity contribution in [3.63, 3.8) is 0 Å². The lowest BCUT2D eigenvalue weighted by molar-refractivity contribution is 1.06. The van der Waals surface area contributed by atoms with Crippen LogP contribution in [0, 0.1) is 16.1 Å². The van der Waals surface area contributed by atoms with Gasteiger partial charge in [0.05, 0.1) is 28.4 Å². The minimum Gasteiger partial charge on any atom is -0.330 e. The first-order valence-electron chi connectivity index (χ1n) is 5.70. The molecule has 0 aliphatic rings. The molecule has 98 valence electrons. The van der Waals surface area contributed by atoms with Crippen LogP contribution in [0.15, 0.2) is 40.9 Å². The average molecular weight is 365 g/mol. The summed E-state index contributed by atoms with van der Waals surface area (Å²) < 4.78 is 3.29. The zero-order chi connectivity index (χ0) is 14.3. The number of nitrogens with zero attached hydrogens (tertiary/aromatic N) is 2. The molecule has 1 aromatic heterocycles. The summed E-state index contributed by atoms with van der Waals surface area (Å²) in [4.78, 5) is 3.13. The number of hydrogen-bond donors (Lipinski definition) is 1. The Morgan fingerprint density at radius 3 is 2.75 bits per heavy atom. The van der Waals surface area contributed by atoms with E-state index in [2.05, 4.69) is 27.0 Å². The van der Waals surface area contributed by atoms with Gasteiger partial charge in [0.2, 0.25) is 0 Å². The summed E-state index contributed by atoms with van der Waals surface area (Å²) >= 11 is 14.8. The molecular formula is C14H7BrClN3S. The summed E-state index contributed by atoms with van der Waals surface area (Å²) in [5.74, 6) is 0. The van der Waals surface area contributed by atoms with E-state index >= 15 is 0 Å². The van der Waals surface area contributed by atoms with Gasteiger partial charge in [-0.15, -0.1) is 0 Å². The fourth-order valence-corrected chi connectivity index (χ4v) is 3.24. The highest BCUT2D eigenvalue weighted by Crippen LogP contribution is 2.28. The Hall–Kier alpha value is -1.61. The Morgan fingerprint density at radius 1 is 1.25 bits per heavy atom. The maximum absolute atomic E-state index is 9.03. The summed E-state index contributed by atoms with van der Waals surface area (Å²) in [6.45, 7) is 0. The van der Waals surface area contributed by atoms with Gasteiger partial charge >= 0.3 is 0 Å². The number of hydrogen-bond acceptors (Lipinski definition) is 2. The van der Waals surface area contributed by atoms with Gasteiger partial charge in [-0.1, -0.05) is 11.6 Å². The van der Waals surface area contributed by atoms with Crippen molar-refractivity contribution in [1.82, 2.24) is 9.55 Å². The van der Waals surface area contributed by atoms with Gasteiger partial charge in [-0.3, -0.25) is 4.57 Å². The van der Waals surface area contributed by atoms with Crippen LogP contribution in [0.3, 0.4) is 0 Å². The molecule has 0 aliphatic carbocycles. The number of rotatable bonds is 1. The Kier molecular flexibility index (Phi) is 3.38. The number of halogens is 2. The van der Waals surface area contributed by atoms with Crippen LogP contribution in [0.4, 0.5) is 0 Å². The monoisotopic (exact) mass is 363 g/mol. The van der Waals surface area contributed by atoms with Crippen molar-refractivity contribution in [3.8, 4) is 11.8 Å². The number of aromatic amines is 1. The van der Waals surface area contributed by atoms with Crippen molar-refractivity contribution in [1.29, 1.82) is 5.26 Å².